The van der Waals surface area contributed by atoms with Gasteiger partial charge in [0.1, 0.15) is 15.5 Å². The van der Waals surface area contributed by atoms with Crippen LogP contribution in [0.4, 0.5) is 5.69 Å². The van der Waals surface area contributed by atoms with Gasteiger partial charge in [0.2, 0.25) is 5.82 Å². The summed E-state index contributed by atoms with van der Waals surface area (Å²) in [5.74, 6) is 1.26. The smallest absolute Gasteiger partial charge is 0.269 e. The van der Waals surface area contributed by atoms with Crippen LogP contribution in [0.15, 0.2) is 75.5 Å². The maximum absolute atomic E-state index is 13.3. The summed E-state index contributed by atoms with van der Waals surface area (Å²) in [6.45, 7) is 2.43. The molecule has 0 N–H and O–H groups in total. The van der Waals surface area contributed by atoms with Crippen molar-refractivity contribution in [3.05, 3.63) is 66.0 Å². The maximum atomic E-state index is 13.3. The molecular formula is C21H19N3O4S2. The van der Waals surface area contributed by atoms with Gasteiger partial charge in [0.05, 0.1) is 12.3 Å². The average molecular weight is 442 g/mol. The van der Waals surface area contributed by atoms with E-state index >= 15 is 0 Å². The second-order valence-electron chi connectivity index (χ2n) is 6.30. The molecule has 4 aromatic rings. The normalized spacial score (nSPS) is 11.4. The van der Waals surface area contributed by atoms with Crippen LogP contribution >= 0.6 is 11.3 Å². The van der Waals surface area contributed by atoms with Crippen molar-refractivity contribution in [2.24, 2.45) is 0 Å². The zero-order valence-electron chi connectivity index (χ0n) is 16.3. The van der Waals surface area contributed by atoms with Gasteiger partial charge in [-0.15, -0.1) is 11.3 Å². The lowest BCUT2D eigenvalue weighted by molar-refractivity contribution is 0.340. The zero-order valence-corrected chi connectivity index (χ0v) is 18.0. The van der Waals surface area contributed by atoms with Crippen molar-refractivity contribution in [3.63, 3.8) is 0 Å². The van der Waals surface area contributed by atoms with Crippen molar-refractivity contribution in [2.75, 3.05) is 18.0 Å². The van der Waals surface area contributed by atoms with E-state index in [1.165, 1.54) is 22.7 Å². The molecule has 2 aromatic heterocycles. The van der Waals surface area contributed by atoms with Gasteiger partial charge in [-0.1, -0.05) is 35.5 Å². The molecular weight excluding hydrogens is 422 g/mol. The summed E-state index contributed by atoms with van der Waals surface area (Å²) in [5, 5.41) is 5.69. The SMILES string of the molecule is CCOc1ccc(N(C)S(=O)(=O)c2ccsc2-c2nc(-c3ccccc3)no2)cc1. The quantitative estimate of drug-likeness (QED) is 0.414. The third kappa shape index (κ3) is 3.81. The van der Waals surface area contributed by atoms with Gasteiger partial charge in [-0.2, -0.15) is 4.98 Å². The molecule has 154 valence electrons. The number of hydrogen-bond acceptors (Lipinski definition) is 7. The number of rotatable bonds is 7. The Kier molecular flexibility index (Phi) is 5.56. The van der Waals surface area contributed by atoms with Crippen molar-refractivity contribution in [1.29, 1.82) is 0 Å². The lowest BCUT2D eigenvalue weighted by Gasteiger charge is -2.19. The number of sulfonamides is 1. The Morgan fingerprint density at radius 2 is 1.80 bits per heavy atom. The van der Waals surface area contributed by atoms with Crippen LogP contribution in [-0.2, 0) is 10.0 Å². The molecule has 0 atom stereocenters. The third-order valence-corrected chi connectivity index (χ3v) is 7.29. The van der Waals surface area contributed by atoms with Crippen molar-refractivity contribution in [1.82, 2.24) is 10.1 Å². The summed E-state index contributed by atoms with van der Waals surface area (Å²) in [4.78, 5) is 4.92. The zero-order chi connectivity index (χ0) is 21.1. The fraction of sp³-hybridized carbons (Fsp3) is 0.143. The number of benzene rings is 2. The first-order valence-electron chi connectivity index (χ1n) is 9.19. The molecule has 0 saturated carbocycles. The molecule has 0 unspecified atom stereocenters. The highest BCUT2D eigenvalue weighted by atomic mass is 32.2. The van der Waals surface area contributed by atoms with E-state index in [9.17, 15) is 8.42 Å². The van der Waals surface area contributed by atoms with Crippen LogP contribution in [-0.4, -0.2) is 32.2 Å². The molecule has 0 radical (unpaired) electrons. The summed E-state index contributed by atoms with van der Waals surface area (Å²) in [5.41, 5.74) is 1.31. The molecule has 0 bridgehead atoms. The van der Waals surface area contributed by atoms with E-state index in [1.807, 2.05) is 37.3 Å². The van der Waals surface area contributed by atoms with E-state index in [2.05, 4.69) is 10.1 Å². The number of anilines is 1. The van der Waals surface area contributed by atoms with Gasteiger partial charge in [-0.25, -0.2) is 8.42 Å². The van der Waals surface area contributed by atoms with E-state index in [0.29, 0.717) is 28.7 Å². The van der Waals surface area contributed by atoms with E-state index in [1.54, 1.807) is 35.7 Å². The van der Waals surface area contributed by atoms with Gasteiger partial charge in [0, 0.05) is 12.6 Å². The first-order chi connectivity index (χ1) is 14.5. The predicted octanol–water partition coefficient (Wildman–Crippen LogP) is 4.69. The fourth-order valence-corrected chi connectivity index (χ4v) is 5.39. The van der Waals surface area contributed by atoms with Gasteiger partial charge in [0.25, 0.3) is 15.9 Å². The standard InChI is InChI=1S/C21H19N3O4S2/c1-3-27-17-11-9-16(10-12-17)24(2)30(25,26)18-13-14-29-19(18)21-22-20(23-28-21)15-7-5-4-6-8-15/h4-14H,3H2,1-2H3. The lowest BCUT2D eigenvalue weighted by atomic mass is 10.2. The van der Waals surface area contributed by atoms with Crippen LogP contribution in [0, 0.1) is 0 Å². The summed E-state index contributed by atoms with van der Waals surface area (Å²) < 4.78 is 38.6. The highest BCUT2D eigenvalue weighted by Gasteiger charge is 2.28. The Hall–Kier alpha value is -3.17. The van der Waals surface area contributed by atoms with Gasteiger partial charge >= 0.3 is 0 Å². The molecule has 0 saturated heterocycles. The van der Waals surface area contributed by atoms with Crippen molar-refractivity contribution < 1.29 is 17.7 Å². The van der Waals surface area contributed by atoms with Crippen LogP contribution in [0.3, 0.4) is 0 Å². The van der Waals surface area contributed by atoms with E-state index in [-0.39, 0.29) is 10.8 Å². The molecule has 7 nitrogen and oxygen atoms in total. The van der Waals surface area contributed by atoms with Crippen molar-refractivity contribution in [2.45, 2.75) is 11.8 Å². The van der Waals surface area contributed by atoms with Gasteiger partial charge in [-0.05, 0) is 42.6 Å². The van der Waals surface area contributed by atoms with E-state index in [0.717, 1.165) is 5.56 Å². The Morgan fingerprint density at radius 1 is 1.07 bits per heavy atom. The predicted molar refractivity (Wildman–Crippen MR) is 116 cm³/mol. The third-order valence-electron chi connectivity index (χ3n) is 4.43. The summed E-state index contributed by atoms with van der Waals surface area (Å²) >= 11 is 1.24. The molecule has 9 heteroatoms. The molecule has 0 fully saturated rings. The minimum atomic E-state index is -3.83. The van der Waals surface area contributed by atoms with Gasteiger partial charge in [-0.3, -0.25) is 4.31 Å². The Labute approximate surface area is 178 Å². The first kappa shape index (κ1) is 20.1. The molecule has 0 spiro atoms. The Balaban J connectivity index is 1.65. The minimum absolute atomic E-state index is 0.118. The topological polar surface area (TPSA) is 85.5 Å². The highest BCUT2D eigenvalue weighted by molar-refractivity contribution is 7.93. The van der Waals surface area contributed by atoms with E-state index in [4.69, 9.17) is 9.26 Å². The summed E-state index contributed by atoms with van der Waals surface area (Å²) in [6.07, 6.45) is 0. The first-order valence-corrected chi connectivity index (χ1v) is 11.5. The maximum Gasteiger partial charge on any atom is 0.269 e. The summed E-state index contributed by atoms with van der Waals surface area (Å²) in [6, 6.07) is 17.8. The number of aromatic nitrogens is 2. The molecule has 0 amide bonds. The van der Waals surface area contributed by atoms with Gasteiger partial charge in [0.15, 0.2) is 0 Å². The number of hydrogen-bond donors (Lipinski definition) is 0. The molecule has 0 aliphatic rings. The van der Waals surface area contributed by atoms with Crippen LogP contribution in [0.25, 0.3) is 22.2 Å². The highest BCUT2D eigenvalue weighted by Crippen LogP contribution is 2.35. The molecule has 0 aliphatic heterocycles. The van der Waals surface area contributed by atoms with Crippen LogP contribution in [0.5, 0.6) is 5.75 Å². The number of thiophene rings is 1. The molecule has 30 heavy (non-hydrogen) atoms. The summed E-state index contributed by atoms with van der Waals surface area (Å²) in [7, 11) is -2.32. The largest absolute Gasteiger partial charge is 0.494 e. The van der Waals surface area contributed by atoms with Gasteiger partial charge < -0.3 is 9.26 Å². The number of nitrogens with zero attached hydrogens (tertiary/aromatic N) is 3. The molecule has 2 heterocycles. The Morgan fingerprint density at radius 3 is 2.50 bits per heavy atom. The fourth-order valence-electron chi connectivity index (χ4n) is 2.88. The average Bonchev–Trinajstić information content (AvgIpc) is 3.44. The second kappa shape index (κ2) is 8.29. The van der Waals surface area contributed by atoms with Crippen molar-refractivity contribution in [3.8, 4) is 27.9 Å². The van der Waals surface area contributed by atoms with Crippen LogP contribution < -0.4 is 9.04 Å². The molecule has 2 aromatic carbocycles. The van der Waals surface area contributed by atoms with Crippen molar-refractivity contribution >= 4 is 27.0 Å². The minimum Gasteiger partial charge on any atom is -0.494 e. The lowest BCUT2D eigenvalue weighted by Crippen LogP contribution is -2.26. The van der Waals surface area contributed by atoms with Crippen LogP contribution in [0.2, 0.25) is 0 Å². The monoisotopic (exact) mass is 441 g/mol. The second-order valence-corrected chi connectivity index (χ2v) is 9.16. The number of ether oxygens (including phenoxy) is 1. The molecule has 0 aliphatic carbocycles. The molecule has 4 rings (SSSR count). The van der Waals surface area contributed by atoms with E-state index < -0.39 is 10.0 Å². The van der Waals surface area contributed by atoms with Crippen LogP contribution in [0.1, 0.15) is 6.92 Å². The Bertz CT molecular complexity index is 1230.